The topological polar surface area (TPSA) is 60.2 Å². The van der Waals surface area contributed by atoms with Crippen LogP contribution in [0.1, 0.15) is 16.1 Å². The standard InChI is InChI=1S/C8H6F3NO2S/c9-8(10,11)6(14)3-4(13)5-1-2-7(12)15-5/h1-2H,3,12H2. The smallest absolute Gasteiger partial charge is 0.391 e. The highest BCUT2D eigenvalue weighted by Gasteiger charge is 2.39. The van der Waals surface area contributed by atoms with Crippen molar-refractivity contribution >= 4 is 27.9 Å². The van der Waals surface area contributed by atoms with Gasteiger partial charge < -0.3 is 5.73 Å². The minimum absolute atomic E-state index is 0.0603. The second-order valence-corrected chi connectivity index (χ2v) is 3.84. The van der Waals surface area contributed by atoms with Crippen molar-refractivity contribution < 1.29 is 22.8 Å². The molecule has 0 aliphatic rings. The van der Waals surface area contributed by atoms with Crippen LogP contribution in [0, 0.1) is 0 Å². The molecule has 0 aliphatic heterocycles. The highest BCUT2D eigenvalue weighted by Crippen LogP contribution is 2.23. The van der Waals surface area contributed by atoms with Gasteiger partial charge in [0.1, 0.15) is 0 Å². The lowest BCUT2D eigenvalue weighted by molar-refractivity contribution is -0.170. The molecule has 0 aliphatic carbocycles. The number of hydrogen-bond acceptors (Lipinski definition) is 4. The van der Waals surface area contributed by atoms with Crippen molar-refractivity contribution in [3.05, 3.63) is 17.0 Å². The molecule has 0 atom stereocenters. The van der Waals surface area contributed by atoms with Gasteiger partial charge in [-0.3, -0.25) is 9.59 Å². The summed E-state index contributed by atoms with van der Waals surface area (Å²) in [6.07, 6.45) is -6.12. The Morgan fingerprint density at radius 2 is 1.93 bits per heavy atom. The number of thiophene rings is 1. The number of carbonyl (C=O) groups excluding carboxylic acids is 2. The molecule has 1 heterocycles. The van der Waals surface area contributed by atoms with Gasteiger partial charge in [-0.1, -0.05) is 0 Å². The molecular formula is C8H6F3NO2S. The number of halogens is 3. The molecule has 1 aromatic rings. The number of rotatable bonds is 3. The number of nitrogens with two attached hydrogens (primary N) is 1. The maximum absolute atomic E-state index is 11.8. The quantitative estimate of drug-likeness (QED) is 0.646. The van der Waals surface area contributed by atoms with Crippen molar-refractivity contribution in [1.82, 2.24) is 0 Å². The normalized spacial score (nSPS) is 11.4. The van der Waals surface area contributed by atoms with E-state index in [4.69, 9.17) is 5.73 Å². The van der Waals surface area contributed by atoms with E-state index in [1.807, 2.05) is 0 Å². The van der Waals surface area contributed by atoms with Crippen LogP contribution < -0.4 is 5.73 Å². The highest BCUT2D eigenvalue weighted by atomic mass is 32.1. The molecule has 7 heteroatoms. The van der Waals surface area contributed by atoms with Crippen LogP contribution in [0.3, 0.4) is 0 Å². The van der Waals surface area contributed by atoms with Gasteiger partial charge in [0.25, 0.3) is 0 Å². The first-order valence-electron chi connectivity index (χ1n) is 3.79. The molecule has 0 spiro atoms. The zero-order valence-corrected chi connectivity index (χ0v) is 8.11. The lowest BCUT2D eigenvalue weighted by atomic mass is 10.2. The minimum atomic E-state index is -4.96. The molecule has 2 N–H and O–H groups in total. The van der Waals surface area contributed by atoms with Gasteiger partial charge in [-0.05, 0) is 12.1 Å². The van der Waals surface area contributed by atoms with Crippen LogP contribution in [0.4, 0.5) is 18.2 Å². The second-order valence-electron chi connectivity index (χ2n) is 2.72. The largest absolute Gasteiger partial charge is 0.450 e. The number of ketones is 2. The minimum Gasteiger partial charge on any atom is -0.391 e. The van der Waals surface area contributed by atoms with E-state index in [-0.39, 0.29) is 4.88 Å². The summed E-state index contributed by atoms with van der Waals surface area (Å²) >= 11 is 0.857. The third kappa shape index (κ3) is 3.05. The molecule has 0 aromatic carbocycles. The van der Waals surface area contributed by atoms with Crippen LogP contribution in [0.2, 0.25) is 0 Å². The Morgan fingerprint density at radius 3 is 2.33 bits per heavy atom. The van der Waals surface area contributed by atoms with Gasteiger partial charge >= 0.3 is 6.18 Å². The number of hydrogen-bond donors (Lipinski definition) is 1. The zero-order chi connectivity index (χ0) is 11.6. The number of Topliss-reactive ketones (excluding diaryl/α,β-unsaturated/α-hetero) is 2. The Hall–Kier alpha value is -1.37. The fourth-order valence-electron chi connectivity index (χ4n) is 0.836. The Labute approximate surface area is 86.7 Å². The summed E-state index contributed by atoms with van der Waals surface area (Å²) in [7, 11) is 0. The van der Waals surface area contributed by atoms with Crippen LogP contribution in [0.25, 0.3) is 0 Å². The number of nitrogen functional groups attached to an aromatic ring is 1. The van der Waals surface area contributed by atoms with Crippen molar-refractivity contribution in [1.29, 1.82) is 0 Å². The Balaban J connectivity index is 2.69. The summed E-state index contributed by atoms with van der Waals surface area (Å²) in [5.74, 6) is -2.90. The van der Waals surface area contributed by atoms with Crippen LogP contribution in [0.15, 0.2) is 12.1 Å². The highest BCUT2D eigenvalue weighted by molar-refractivity contribution is 7.17. The van der Waals surface area contributed by atoms with Gasteiger partial charge in [-0.25, -0.2) is 0 Å². The van der Waals surface area contributed by atoms with Crippen molar-refractivity contribution in [3.63, 3.8) is 0 Å². The van der Waals surface area contributed by atoms with Crippen LogP contribution in [-0.4, -0.2) is 17.7 Å². The summed E-state index contributed by atoms with van der Waals surface area (Å²) < 4.78 is 35.4. The van der Waals surface area contributed by atoms with Gasteiger partial charge in [0, 0.05) is 0 Å². The average Bonchev–Trinajstić information content (AvgIpc) is 2.50. The van der Waals surface area contributed by atoms with Gasteiger partial charge in [0.05, 0.1) is 16.3 Å². The van der Waals surface area contributed by atoms with Gasteiger partial charge in [0.15, 0.2) is 5.78 Å². The molecule has 0 unspecified atom stereocenters. The van der Waals surface area contributed by atoms with E-state index in [0.29, 0.717) is 5.00 Å². The second kappa shape index (κ2) is 4.01. The monoisotopic (exact) mass is 237 g/mol. The third-order valence-corrected chi connectivity index (χ3v) is 2.49. The van der Waals surface area contributed by atoms with Crippen LogP contribution in [-0.2, 0) is 4.79 Å². The number of alkyl halides is 3. The van der Waals surface area contributed by atoms with E-state index in [1.165, 1.54) is 12.1 Å². The Bertz CT molecular complexity index is 397. The van der Waals surface area contributed by atoms with Crippen molar-refractivity contribution in [2.24, 2.45) is 0 Å². The summed E-state index contributed by atoms with van der Waals surface area (Å²) in [5.41, 5.74) is 5.29. The van der Waals surface area contributed by atoms with E-state index in [9.17, 15) is 22.8 Å². The van der Waals surface area contributed by atoms with E-state index in [0.717, 1.165) is 11.3 Å². The summed E-state index contributed by atoms with van der Waals surface area (Å²) in [6.45, 7) is 0. The van der Waals surface area contributed by atoms with E-state index in [1.54, 1.807) is 0 Å². The van der Waals surface area contributed by atoms with Crippen molar-refractivity contribution in [2.45, 2.75) is 12.6 Å². The molecule has 0 bridgehead atoms. The van der Waals surface area contributed by atoms with Crippen molar-refractivity contribution in [3.8, 4) is 0 Å². The van der Waals surface area contributed by atoms with Gasteiger partial charge in [-0.2, -0.15) is 13.2 Å². The summed E-state index contributed by atoms with van der Waals surface area (Å²) in [4.78, 5) is 21.7. The zero-order valence-electron chi connectivity index (χ0n) is 7.30. The number of anilines is 1. The molecule has 0 fully saturated rings. The number of carbonyl (C=O) groups is 2. The van der Waals surface area contributed by atoms with Crippen LogP contribution in [0.5, 0.6) is 0 Å². The molecule has 15 heavy (non-hydrogen) atoms. The van der Waals surface area contributed by atoms with E-state index < -0.39 is 24.2 Å². The lowest BCUT2D eigenvalue weighted by Gasteiger charge is -2.02. The lowest BCUT2D eigenvalue weighted by Crippen LogP contribution is -2.25. The fourth-order valence-corrected chi connectivity index (χ4v) is 1.55. The van der Waals surface area contributed by atoms with Gasteiger partial charge in [0.2, 0.25) is 5.78 Å². The molecular weight excluding hydrogens is 231 g/mol. The summed E-state index contributed by atoms with van der Waals surface area (Å²) in [6, 6.07) is 2.70. The average molecular weight is 237 g/mol. The Kier molecular flexibility index (Phi) is 3.13. The van der Waals surface area contributed by atoms with Crippen molar-refractivity contribution in [2.75, 3.05) is 5.73 Å². The first kappa shape index (κ1) is 11.7. The summed E-state index contributed by atoms with van der Waals surface area (Å²) in [5, 5.41) is 0.317. The Morgan fingerprint density at radius 1 is 1.33 bits per heavy atom. The van der Waals surface area contributed by atoms with Crippen LogP contribution >= 0.6 is 11.3 Å². The maximum atomic E-state index is 11.8. The predicted octanol–water partition coefficient (Wildman–Crippen LogP) is 2.03. The maximum Gasteiger partial charge on any atom is 0.450 e. The fraction of sp³-hybridized carbons (Fsp3) is 0.250. The molecule has 1 aromatic heterocycles. The molecule has 0 radical (unpaired) electrons. The molecule has 0 saturated carbocycles. The molecule has 0 saturated heterocycles. The first-order chi connectivity index (χ1) is 6.80. The molecule has 1 rings (SSSR count). The van der Waals surface area contributed by atoms with E-state index >= 15 is 0 Å². The third-order valence-electron chi connectivity index (χ3n) is 1.54. The SMILES string of the molecule is Nc1ccc(C(=O)CC(=O)C(F)(F)F)s1. The van der Waals surface area contributed by atoms with Gasteiger partial charge in [-0.15, -0.1) is 11.3 Å². The molecule has 0 amide bonds. The molecule has 3 nitrogen and oxygen atoms in total. The predicted molar refractivity (Wildman–Crippen MR) is 48.7 cm³/mol. The molecule has 82 valence electrons. The van der Waals surface area contributed by atoms with E-state index in [2.05, 4.69) is 0 Å². The first-order valence-corrected chi connectivity index (χ1v) is 4.61.